The summed E-state index contributed by atoms with van der Waals surface area (Å²) < 4.78 is 0. The molecule has 0 radical (unpaired) electrons. The third-order valence-electron chi connectivity index (χ3n) is 6.79. The maximum Gasteiger partial charge on any atom is 0.325 e. The van der Waals surface area contributed by atoms with Crippen molar-refractivity contribution in [2.24, 2.45) is 11.3 Å². The van der Waals surface area contributed by atoms with Gasteiger partial charge in [-0.15, -0.1) is 12.4 Å². The molecular formula is C20H35ClN4O3. The second-order valence-corrected chi connectivity index (χ2v) is 9.51. The molecule has 0 aromatic carbocycles. The van der Waals surface area contributed by atoms with Gasteiger partial charge in [-0.3, -0.25) is 14.5 Å². The molecule has 2 heterocycles. The molecule has 1 spiro atoms. The van der Waals surface area contributed by atoms with Crippen LogP contribution in [0.1, 0.15) is 59.3 Å². The molecule has 4 amide bonds. The summed E-state index contributed by atoms with van der Waals surface area (Å²) >= 11 is 0. The lowest BCUT2D eigenvalue weighted by molar-refractivity contribution is -0.140. The van der Waals surface area contributed by atoms with Crippen LogP contribution in [-0.2, 0) is 9.59 Å². The Morgan fingerprint density at radius 3 is 2.43 bits per heavy atom. The van der Waals surface area contributed by atoms with Crippen molar-refractivity contribution in [2.75, 3.05) is 26.7 Å². The van der Waals surface area contributed by atoms with Crippen molar-refractivity contribution in [3.63, 3.8) is 0 Å². The van der Waals surface area contributed by atoms with Gasteiger partial charge >= 0.3 is 6.03 Å². The van der Waals surface area contributed by atoms with E-state index in [9.17, 15) is 14.4 Å². The smallest absolute Gasteiger partial charge is 0.325 e. The number of carbonyl (C=O) groups is 3. The Hall–Kier alpha value is -1.34. The van der Waals surface area contributed by atoms with Crippen LogP contribution in [-0.4, -0.2) is 65.9 Å². The number of rotatable bonds is 3. The van der Waals surface area contributed by atoms with Gasteiger partial charge in [0.1, 0.15) is 12.1 Å². The second kappa shape index (κ2) is 8.57. The molecule has 28 heavy (non-hydrogen) atoms. The monoisotopic (exact) mass is 414 g/mol. The van der Waals surface area contributed by atoms with Crippen LogP contribution < -0.4 is 10.6 Å². The number of nitrogens with zero attached hydrogens (tertiary/aromatic N) is 2. The Labute approximate surface area is 174 Å². The molecule has 0 bridgehead atoms. The second-order valence-electron chi connectivity index (χ2n) is 9.51. The Morgan fingerprint density at radius 2 is 1.86 bits per heavy atom. The number of likely N-dealkylation sites (N-methyl/N-ethyl adjacent to an activating group) is 1. The number of hydrogen-bond donors (Lipinski definition) is 2. The van der Waals surface area contributed by atoms with Gasteiger partial charge in [-0.25, -0.2) is 4.79 Å². The normalized spacial score (nSPS) is 31.0. The molecule has 0 aromatic heterocycles. The highest BCUT2D eigenvalue weighted by Gasteiger charge is 2.53. The van der Waals surface area contributed by atoms with E-state index >= 15 is 0 Å². The van der Waals surface area contributed by atoms with E-state index in [0.717, 1.165) is 30.6 Å². The van der Waals surface area contributed by atoms with Crippen molar-refractivity contribution >= 4 is 30.3 Å². The topological polar surface area (TPSA) is 81.8 Å². The Morgan fingerprint density at radius 1 is 1.21 bits per heavy atom. The van der Waals surface area contributed by atoms with Crippen LogP contribution in [0, 0.1) is 11.3 Å². The summed E-state index contributed by atoms with van der Waals surface area (Å²) in [6, 6.07) is -0.130. The molecule has 1 atom stereocenters. The lowest BCUT2D eigenvalue weighted by Crippen LogP contribution is -2.52. The number of nitrogens with one attached hydrogen (secondary N) is 2. The molecule has 160 valence electrons. The van der Waals surface area contributed by atoms with E-state index in [1.54, 1.807) is 4.90 Å². The first-order valence-corrected chi connectivity index (χ1v) is 10.3. The summed E-state index contributed by atoms with van der Waals surface area (Å²) in [5.74, 6) is 0.199. The first kappa shape index (κ1) is 22.9. The number of halogens is 1. The Bertz CT molecular complexity index is 611. The fraction of sp³-hybridized carbons (Fsp3) is 0.850. The molecule has 3 rings (SSSR count). The molecule has 3 aliphatic rings. The number of imide groups is 1. The van der Waals surface area contributed by atoms with Crippen LogP contribution in [0.5, 0.6) is 0 Å². The summed E-state index contributed by atoms with van der Waals surface area (Å²) in [6.45, 7) is 7.87. The van der Waals surface area contributed by atoms with Crippen molar-refractivity contribution < 1.29 is 14.4 Å². The molecule has 3 fully saturated rings. The van der Waals surface area contributed by atoms with Crippen molar-refractivity contribution in [1.29, 1.82) is 0 Å². The average Bonchev–Trinajstić information content (AvgIpc) is 2.85. The molecule has 0 aromatic rings. The molecule has 8 heteroatoms. The van der Waals surface area contributed by atoms with E-state index in [2.05, 4.69) is 31.4 Å². The van der Waals surface area contributed by atoms with E-state index in [1.807, 2.05) is 7.05 Å². The van der Waals surface area contributed by atoms with Crippen molar-refractivity contribution in [1.82, 2.24) is 20.4 Å². The summed E-state index contributed by atoms with van der Waals surface area (Å²) in [6.07, 6.45) is 5.16. The van der Waals surface area contributed by atoms with Crippen LogP contribution in [0.25, 0.3) is 0 Å². The zero-order valence-corrected chi connectivity index (χ0v) is 18.4. The summed E-state index contributed by atoms with van der Waals surface area (Å²) in [5, 5.41) is 6.13. The van der Waals surface area contributed by atoms with Gasteiger partial charge in [0.05, 0.1) is 0 Å². The molecule has 1 unspecified atom stereocenters. The largest absolute Gasteiger partial charge is 0.340 e. The highest BCUT2D eigenvalue weighted by Crippen LogP contribution is 2.43. The summed E-state index contributed by atoms with van der Waals surface area (Å²) in [7, 11) is 1.90. The van der Waals surface area contributed by atoms with Crippen molar-refractivity contribution in [3.05, 3.63) is 0 Å². The van der Waals surface area contributed by atoms with Crippen molar-refractivity contribution in [3.8, 4) is 0 Å². The molecule has 1 aliphatic carbocycles. The molecule has 2 aliphatic heterocycles. The van der Waals surface area contributed by atoms with E-state index in [1.165, 1.54) is 0 Å². The number of hydrogen-bond acceptors (Lipinski definition) is 4. The highest BCUT2D eigenvalue weighted by molar-refractivity contribution is 6.09. The quantitative estimate of drug-likeness (QED) is 0.693. The predicted octanol–water partition coefficient (Wildman–Crippen LogP) is 2.15. The van der Waals surface area contributed by atoms with Gasteiger partial charge in [0.2, 0.25) is 5.91 Å². The zero-order chi connectivity index (χ0) is 19.8. The van der Waals surface area contributed by atoms with Gasteiger partial charge in [0.25, 0.3) is 5.91 Å². The molecular weight excluding hydrogens is 380 g/mol. The number of carbonyl (C=O) groups excluding carboxylic acids is 3. The molecule has 1 saturated carbocycles. The average molecular weight is 415 g/mol. The van der Waals surface area contributed by atoms with Crippen LogP contribution in [0.4, 0.5) is 4.79 Å². The predicted molar refractivity (Wildman–Crippen MR) is 110 cm³/mol. The molecule has 2 N–H and O–H groups in total. The minimum atomic E-state index is -0.797. The Balaban J connectivity index is 0.00000280. The fourth-order valence-electron chi connectivity index (χ4n) is 4.81. The van der Waals surface area contributed by atoms with Crippen molar-refractivity contribution in [2.45, 2.75) is 70.9 Å². The number of piperidine rings is 1. The molecule has 2 saturated heterocycles. The van der Waals surface area contributed by atoms with Gasteiger partial charge in [0.15, 0.2) is 0 Å². The van der Waals surface area contributed by atoms with Crippen LogP contribution in [0.2, 0.25) is 0 Å². The minimum Gasteiger partial charge on any atom is -0.340 e. The number of amides is 4. The minimum absolute atomic E-state index is 0. The van der Waals surface area contributed by atoms with Crippen LogP contribution in [0.15, 0.2) is 0 Å². The van der Waals surface area contributed by atoms with Gasteiger partial charge in [-0.05, 0) is 56.9 Å². The summed E-state index contributed by atoms with van der Waals surface area (Å²) in [5.41, 5.74) is -0.588. The lowest BCUT2D eigenvalue weighted by Gasteiger charge is -2.40. The lowest BCUT2D eigenvalue weighted by atomic mass is 9.67. The number of urea groups is 1. The third-order valence-corrected chi connectivity index (χ3v) is 6.79. The maximum atomic E-state index is 13.0. The van der Waals surface area contributed by atoms with E-state index in [-0.39, 0.29) is 42.2 Å². The SMILES string of the molecule is CNC1CCCN(C(=O)CN2C(=O)NC3(CCC(C(C)(C)C)CC3)C2=O)C1.Cl. The van der Waals surface area contributed by atoms with Crippen LogP contribution in [0.3, 0.4) is 0 Å². The first-order valence-electron chi connectivity index (χ1n) is 10.3. The third kappa shape index (κ3) is 4.46. The molecule has 7 nitrogen and oxygen atoms in total. The van der Waals surface area contributed by atoms with Gasteiger partial charge in [-0.2, -0.15) is 0 Å². The van der Waals surface area contributed by atoms with E-state index in [4.69, 9.17) is 0 Å². The van der Waals surface area contributed by atoms with Gasteiger partial charge in [-0.1, -0.05) is 20.8 Å². The Kier molecular flexibility index (Phi) is 7.03. The van der Waals surface area contributed by atoms with E-state index in [0.29, 0.717) is 31.8 Å². The zero-order valence-electron chi connectivity index (χ0n) is 17.5. The fourth-order valence-corrected chi connectivity index (χ4v) is 4.81. The van der Waals surface area contributed by atoms with Gasteiger partial charge < -0.3 is 15.5 Å². The van der Waals surface area contributed by atoms with Gasteiger partial charge in [0, 0.05) is 19.1 Å². The van der Waals surface area contributed by atoms with E-state index < -0.39 is 11.6 Å². The van der Waals surface area contributed by atoms with Crippen LogP contribution >= 0.6 is 12.4 Å². The number of likely N-dealkylation sites (tertiary alicyclic amines) is 1. The standard InChI is InChI=1S/C20H34N4O3.ClH/c1-19(2,3)14-7-9-20(10-8-14)17(26)24(18(27)22-20)13-16(25)23-11-5-6-15(12-23)21-4;/h14-15,21H,5-13H2,1-4H3,(H,22,27);1H. The maximum absolute atomic E-state index is 13.0. The summed E-state index contributed by atoms with van der Waals surface area (Å²) in [4.78, 5) is 41.1. The highest BCUT2D eigenvalue weighted by atomic mass is 35.5. The first-order chi connectivity index (χ1) is 12.7.